The Morgan fingerprint density at radius 2 is 2.17 bits per heavy atom. The number of hydrogen-bond donors (Lipinski definition) is 3. The summed E-state index contributed by atoms with van der Waals surface area (Å²) in [6, 6.07) is 2.56. The van der Waals surface area contributed by atoms with Crippen LogP contribution < -0.4 is 16.0 Å². The molecule has 0 amide bonds. The van der Waals surface area contributed by atoms with Crippen molar-refractivity contribution in [3.63, 3.8) is 0 Å². The molecule has 0 aromatic carbocycles. The quantitative estimate of drug-likeness (QED) is 0.662. The van der Waals surface area contributed by atoms with Gasteiger partial charge < -0.3 is 16.0 Å². The summed E-state index contributed by atoms with van der Waals surface area (Å²) in [6.45, 7) is 11.7. The lowest BCUT2D eigenvalue weighted by molar-refractivity contribution is 0.321. The van der Waals surface area contributed by atoms with Gasteiger partial charge >= 0.3 is 0 Å². The fraction of sp³-hybridized carbons (Fsp3) is 0.769. The summed E-state index contributed by atoms with van der Waals surface area (Å²) in [5, 5.41) is 14.5. The van der Waals surface area contributed by atoms with E-state index in [9.17, 15) is 0 Å². The molecule has 102 valence electrons. The van der Waals surface area contributed by atoms with Crippen LogP contribution in [0.3, 0.4) is 0 Å². The van der Waals surface area contributed by atoms with E-state index in [1.807, 2.05) is 12.3 Å². The first-order chi connectivity index (χ1) is 8.56. The Morgan fingerprint density at radius 1 is 1.39 bits per heavy atom. The second kappa shape index (κ2) is 5.71. The highest BCUT2D eigenvalue weighted by Gasteiger charge is 2.21. The molecule has 1 aliphatic rings. The highest BCUT2D eigenvalue weighted by molar-refractivity contribution is 5.34. The van der Waals surface area contributed by atoms with Crippen molar-refractivity contribution in [3.05, 3.63) is 12.3 Å². The average Bonchev–Trinajstić information content (AvgIpc) is 2.61. The fourth-order valence-corrected chi connectivity index (χ4v) is 1.93. The molecule has 1 aromatic rings. The summed E-state index contributed by atoms with van der Waals surface area (Å²) in [4.78, 5) is 0. The molecule has 18 heavy (non-hydrogen) atoms. The van der Waals surface area contributed by atoms with Crippen LogP contribution in [0, 0.1) is 5.41 Å². The third-order valence-electron chi connectivity index (χ3n) is 3.04. The summed E-state index contributed by atoms with van der Waals surface area (Å²) in [6.07, 6.45) is 1.86. The van der Waals surface area contributed by atoms with Crippen LogP contribution in [0.15, 0.2) is 12.3 Å². The zero-order valence-corrected chi connectivity index (χ0v) is 11.7. The van der Waals surface area contributed by atoms with Crippen LogP contribution in [-0.2, 0) is 0 Å². The van der Waals surface area contributed by atoms with Crippen molar-refractivity contribution in [2.24, 2.45) is 5.41 Å². The second-order valence-electron chi connectivity index (χ2n) is 6.14. The smallest absolute Gasteiger partial charge is 0.124 e. The summed E-state index contributed by atoms with van der Waals surface area (Å²) in [5.74, 6) is 1.12. The summed E-state index contributed by atoms with van der Waals surface area (Å²) in [7, 11) is 0. The molecule has 5 nitrogen and oxygen atoms in total. The van der Waals surface area contributed by atoms with Gasteiger partial charge in [-0.3, -0.25) is 0 Å². The van der Waals surface area contributed by atoms with Gasteiger partial charge in [0.15, 0.2) is 0 Å². The molecule has 2 heterocycles. The summed E-state index contributed by atoms with van der Waals surface area (Å²) < 4.78 is 2.08. The monoisotopic (exact) mass is 251 g/mol. The van der Waals surface area contributed by atoms with Crippen LogP contribution in [0.4, 0.5) is 5.82 Å². The van der Waals surface area contributed by atoms with Gasteiger partial charge in [-0.1, -0.05) is 20.8 Å². The molecule has 0 saturated carbocycles. The van der Waals surface area contributed by atoms with Crippen molar-refractivity contribution in [2.45, 2.75) is 26.8 Å². The van der Waals surface area contributed by atoms with Gasteiger partial charge in [0.2, 0.25) is 0 Å². The van der Waals surface area contributed by atoms with Crippen molar-refractivity contribution in [1.82, 2.24) is 20.4 Å². The fourth-order valence-electron chi connectivity index (χ4n) is 1.93. The third-order valence-corrected chi connectivity index (χ3v) is 3.04. The van der Waals surface area contributed by atoms with Gasteiger partial charge in [0.05, 0.1) is 12.2 Å². The van der Waals surface area contributed by atoms with Gasteiger partial charge in [0.1, 0.15) is 5.82 Å². The molecule has 0 atom stereocenters. The Morgan fingerprint density at radius 3 is 2.78 bits per heavy atom. The lowest BCUT2D eigenvalue weighted by Crippen LogP contribution is -2.44. The first-order valence-corrected chi connectivity index (χ1v) is 6.75. The molecule has 0 radical (unpaired) electrons. The van der Waals surface area contributed by atoms with E-state index in [0.717, 1.165) is 38.5 Å². The predicted octanol–water partition coefficient (Wildman–Crippen LogP) is 1.08. The standard InChI is InChI=1S/C13H25N5/c1-13(2,3)10-14-6-7-16-12-4-5-17-18(12)11-8-15-9-11/h4-5,11,14-16H,6-10H2,1-3H3. The lowest BCUT2D eigenvalue weighted by Gasteiger charge is -2.29. The molecule has 5 heteroatoms. The third kappa shape index (κ3) is 3.71. The zero-order valence-electron chi connectivity index (χ0n) is 11.7. The van der Waals surface area contributed by atoms with Crippen LogP contribution in [0.5, 0.6) is 0 Å². The topological polar surface area (TPSA) is 53.9 Å². The maximum atomic E-state index is 4.37. The lowest BCUT2D eigenvalue weighted by atomic mass is 9.97. The van der Waals surface area contributed by atoms with Crippen LogP contribution in [0.1, 0.15) is 26.8 Å². The molecule has 0 aliphatic carbocycles. The Bertz CT molecular complexity index is 362. The van der Waals surface area contributed by atoms with E-state index in [1.165, 1.54) is 0 Å². The number of rotatable bonds is 6. The van der Waals surface area contributed by atoms with Crippen LogP contribution in [0.25, 0.3) is 0 Å². The minimum atomic E-state index is 0.347. The molecule has 0 spiro atoms. The zero-order chi connectivity index (χ0) is 13.0. The molecular formula is C13H25N5. The summed E-state index contributed by atoms with van der Waals surface area (Å²) in [5.41, 5.74) is 0.347. The number of aromatic nitrogens is 2. The Hall–Kier alpha value is -1.07. The van der Waals surface area contributed by atoms with Gasteiger partial charge in [0.25, 0.3) is 0 Å². The number of nitrogens with zero attached hydrogens (tertiary/aromatic N) is 2. The maximum Gasteiger partial charge on any atom is 0.124 e. The van der Waals surface area contributed by atoms with E-state index in [2.05, 4.69) is 46.5 Å². The number of hydrogen-bond acceptors (Lipinski definition) is 4. The predicted molar refractivity (Wildman–Crippen MR) is 74.9 cm³/mol. The highest BCUT2D eigenvalue weighted by atomic mass is 15.4. The molecule has 1 saturated heterocycles. The first kappa shape index (κ1) is 13.4. The molecule has 0 unspecified atom stereocenters. The van der Waals surface area contributed by atoms with Crippen LogP contribution in [0.2, 0.25) is 0 Å². The minimum absolute atomic E-state index is 0.347. The molecule has 0 bridgehead atoms. The second-order valence-corrected chi connectivity index (χ2v) is 6.14. The van der Waals surface area contributed by atoms with Gasteiger partial charge in [-0.25, -0.2) is 4.68 Å². The number of nitrogens with one attached hydrogen (secondary N) is 3. The Balaban J connectivity index is 1.69. The Kier molecular flexibility index (Phi) is 4.24. The molecule has 2 rings (SSSR count). The van der Waals surface area contributed by atoms with Crippen molar-refractivity contribution < 1.29 is 0 Å². The van der Waals surface area contributed by atoms with E-state index in [1.54, 1.807) is 0 Å². The van der Waals surface area contributed by atoms with Gasteiger partial charge in [-0.15, -0.1) is 0 Å². The van der Waals surface area contributed by atoms with E-state index in [-0.39, 0.29) is 0 Å². The SMILES string of the molecule is CC(C)(C)CNCCNc1ccnn1C1CNC1. The van der Waals surface area contributed by atoms with E-state index in [0.29, 0.717) is 11.5 Å². The molecule has 1 aromatic heterocycles. The Labute approximate surface area is 109 Å². The normalized spacial score (nSPS) is 16.6. The minimum Gasteiger partial charge on any atom is -0.369 e. The van der Waals surface area contributed by atoms with Crippen LogP contribution >= 0.6 is 0 Å². The largest absolute Gasteiger partial charge is 0.369 e. The molecular weight excluding hydrogens is 226 g/mol. The highest BCUT2D eigenvalue weighted by Crippen LogP contribution is 2.16. The van der Waals surface area contributed by atoms with Gasteiger partial charge in [-0.05, 0) is 5.41 Å². The molecule has 1 aliphatic heterocycles. The number of anilines is 1. The molecule has 3 N–H and O–H groups in total. The summed E-state index contributed by atoms with van der Waals surface area (Å²) >= 11 is 0. The average molecular weight is 251 g/mol. The first-order valence-electron chi connectivity index (χ1n) is 6.75. The van der Waals surface area contributed by atoms with Crippen molar-refractivity contribution in [1.29, 1.82) is 0 Å². The van der Waals surface area contributed by atoms with Crippen molar-refractivity contribution >= 4 is 5.82 Å². The molecule has 1 fully saturated rings. The van der Waals surface area contributed by atoms with Crippen LogP contribution in [-0.4, -0.2) is 42.5 Å². The van der Waals surface area contributed by atoms with Crippen molar-refractivity contribution in [3.8, 4) is 0 Å². The van der Waals surface area contributed by atoms with Gasteiger partial charge in [0, 0.05) is 38.8 Å². The van der Waals surface area contributed by atoms with E-state index >= 15 is 0 Å². The van der Waals surface area contributed by atoms with E-state index < -0.39 is 0 Å². The maximum absolute atomic E-state index is 4.37. The van der Waals surface area contributed by atoms with E-state index in [4.69, 9.17) is 0 Å². The van der Waals surface area contributed by atoms with Crippen molar-refractivity contribution in [2.75, 3.05) is 38.0 Å². The van der Waals surface area contributed by atoms with Gasteiger partial charge in [-0.2, -0.15) is 5.10 Å².